The van der Waals surface area contributed by atoms with Crippen molar-refractivity contribution >= 4 is 17.8 Å². The van der Waals surface area contributed by atoms with Gasteiger partial charge in [-0.2, -0.15) is 0 Å². The second-order valence-corrected chi connectivity index (χ2v) is 7.62. The number of hydrogen-bond donors (Lipinski definition) is 2. The number of urea groups is 1. The van der Waals surface area contributed by atoms with Crippen molar-refractivity contribution in [3.8, 4) is 0 Å². The van der Waals surface area contributed by atoms with Gasteiger partial charge in [0.15, 0.2) is 0 Å². The maximum Gasteiger partial charge on any atom is 0.325 e. The van der Waals surface area contributed by atoms with Crippen molar-refractivity contribution < 1.29 is 14.4 Å². The van der Waals surface area contributed by atoms with E-state index in [2.05, 4.69) is 10.6 Å². The van der Waals surface area contributed by atoms with Gasteiger partial charge in [0.25, 0.3) is 5.91 Å². The highest BCUT2D eigenvalue weighted by molar-refractivity contribution is 6.09. The summed E-state index contributed by atoms with van der Waals surface area (Å²) in [6.45, 7) is 4.03. The third kappa shape index (κ3) is 3.74. The fourth-order valence-electron chi connectivity index (χ4n) is 3.77. The minimum atomic E-state index is -1.13. The number of nitrogens with zero attached hydrogens (tertiary/aromatic N) is 1. The summed E-state index contributed by atoms with van der Waals surface area (Å²) in [4.78, 5) is 38.4. The lowest BCUT2D eigenvalue weighted by molar-refractivity contribution is -0.134. The molecule has 2 aliphatic rings. The molecule has 1 aliphatic heterocycles. The second-order valence-electron chi connectivity index (χ2n) is 7.62. The van der Waals surface area contributed by atoms with E-state index in [1.165, 1.54) is 19.3 Å². The van der Waals surface area contributed by atoms with E-state index in [1.807, 2.05) is 31.2 Å². The molecule has 0 aromatic heterocycles. The highest BCUT2D eigenvalue weighted by Gasteiger charge is 2.49. The van der Waals surface area contributed by atoms with Gasteiger partial charge in [-0.3, -0.25) is 14.5 Å². The molecule has 1 aromatic carbocycles. The van der Waals surface area contributed by atoms with Crippen molar-refractivity contribution in [2.24, 2.45) is 5.92 Å². The molecule has 1 saturated carbocycles. The van der Waals surface area contributed by atoms with E-state index in [0.717, 1.165) is 23.3 Å². The van der Waals surface area contributed by atoms with E-state index in [4.69, 9.17) is 0 Å². The zero-order valence-electron chi connectivity index (χ0n) is 15.5. The largest absolute Gasteiger partial charge is 0.354 e. The number of aryl methyl sites for hydroxylation is 1. The van der Waals surface area contributed by atoms with E-state index in [-0.39, 0.29) is 18.4 Å². The molecular formula is C20H27N3O3. The quantitative estimate of drug-likeness (QED) is 0.795. The lowest BCUT2D eigenvalue weighted by atomic mass is 9.89. The molecule has 1 atom stereocenters. The highest BCUT2D eigenvalue weighted by atomic mass is 16.2. The van der Waals surface area contributed by atoms with Crippen molar-refractivity contribution in [2.75, 3.05) is 13.1 Å². The van der Waals surface area contributed by atoms with Crippen LogP contribution in [0.3, 0.4) is 0 Å². The summed E-state index contributed by atoms with van der Waals surface area (Å²) in [6.07, 6.45) is 5.96. The van der Waals surface area contributed by atoms with E-state index < -0.39 is 11.6 Å². The number of rotatable bonds is 5. The van der Waals surface area contributed by atoms with Crippen LogP contribution in [0.5, 0.6) is 0 Å². The van der Waals surface area contributed by atoms with Crippen molar-refractivity contribution in [1.82, 2.24) is 15.5 Å². The third-order valence-corrected chi connectivity index (χ3v) is 5.52. The molecule has 1 aliphatic carbocycles. The Morgan fingerprint density at radius 1 is 1.19 bits per heavy atom. The van der Waals surface area contributed by atoms with Gasteiger partial charge in [-0.25, -0.2) is 4.79 Å². The van der Waals surface area contributed by atoms with Gasteiger partial charge in [-0.15, -0.1) is 0 Å². The predicted molar refractivity (Wildman–Crippen MR) is 98.4 cm³/mol. The van der Waals surface area contributed by atoms with Crippen LogP contribution >= 0.6 is 0 Å². The summed E-state index contributed by atoms with van der Waals surface area (Å²) in [6, 6.07) is 6.95. The molecule has 0 spiro atoms. The van der Waals surface area contributed by atoms with Crippen LogP contribution in [0.1, 0.15) is 50.2 Å². The minimum absolute atomic E-state index is 0.237. The van der Waals surface area contributed by atoms with Crippen LogP contribution in [0.4, 0.5) is 4.79 Å². The average molecular weight is 357 g/mol. The molecule has 1 aromatic rings. The molecule has 1 heterocycles. The van der Waals surface area contributed by atoms with E-state index in [9.17, 15) is 14.4 Å². The van der Waals surface area contributed by atoms with Crippen LogP contribution in [0, 0.1) is 12.8 Å². The molecule has 6 heteroatoms. The van der Waals surface area contributed by atoms with Gasteiger partial charge >= 0.3 is 6.03 Å². The fourth-order valence-corrected chi connectivity index (χ4v) is 3.77. The molecule has 2 fully saturated rings. The average Bonchev–Trinajstić information content (AvgIpc) is 2.85. The van der Waals surface area contributed by atoms with Crippen LogP contribution in [0.15, 0.2) is 24.3 Å². The summed E-state index contributed by atoms with van der Waals surface area (Å²) in [5.74, 6) is -0.167. The number of benzene rings is 1. The summed E-state index contributed by atoms with van der Waals surface area (Å²) < 4.78 is 0. The minimum Gasteiger partial charge on any atom is -0.354 e. The monoisotopic (exact) mass is 357 g/mol. The number of imide groups is 1. The summed E-state index contributed by atoms with van der Waals surface area (Å²) >= 11 is 0. The molecule has 3 rings (SSSR count). The van der Waals surface area contributed by atoms with Gasteiger partial charge in [-0.05, 0) is 38.2 Å². The van der Waals surface area contributed by atoms with Crippen LogP contribution in [-0.2, 0) is 15.1 Å². The third-order valence-electron chi connectivity index (χ3n) is 5.52. The standard InChI is InChI=1S/C20H27N3O3/c1-14-8-10-16(11-9-14)20(2)18(25)23(19(26)22-20)13-17(24)21-12-15-6-4-3-5-7-15/h8-11,15H,3-7,12-13H2,1-2H3,(H,21,24)(H,22,26)/t20-/m0/s1. The van der Waals surface area contributed by atoms with Crippen LogP contribution in [0.25, 0.3) is 0 Å². The molecule has 2 N–H and O–H groups in total. The van der Waals surface area contributed by atoms with Crippen LogP contribution in [-0.4, -0.2) is 35.8 Å². The Hall–Kier alpha value is -2.37. The maximum absolute atomic E-state index is 12.8. The lowest BCUT2D eigenvalue weighted by Crippen LogP contribution is -2.44. The fraction of sp³-hybridized carbons (Fsp3) is 0.550. The normalized spacial score (nSPS) is 23.8. The Kier molecular flexibility index (Phi) is 5.30. The maximum atomic E-state index is 12.8. The van der Waals surface area contributed by atoms with Crippen molar-refractivity contribution in [1.29, 1.82) is 0 Å². The summed E-state index contributed by atoms with van der Waals surface area (Å²) in [5.41, 5.74) is 0.661. The predicted octanol–water partition coefficient (Wildman–Crippen LogP) is 2.46. The molecule has 0 radical (unpaired) electrons. The number of amides is 4. The smallest absolute Gasteiger partial charge is 0.325 e. The Morgan fingerprint density at radius 3 is 2.50 bits per heavy atom. The van der Waals surface area contributed by atoms with Crippen LogP contribution < -0.4 is 10.6 Å². The first-order valence-electron chi connectivity index (χ1n) is 9.38. The molecule has 6 nitrogen and oxygen atoms in total. The number of nitrogens with one attached hydrogen (secondary N) is 2. The molecule has 0 bridgehead atoms. The number of hydrogen-bond acceptors (Lipinski definition) is 3. The SMILES string of the molecule is Cc1ccc([C@]2(C)NC(=O)N(CC(=O)NCC3CCCCC3)C2=O)cc1. The topological polar surface area (TPSA) is 78.5 Å². The zero-order chi connectivity index (χ0) is 18.7. The van der Waals surface area contributed by atoms with E-state index >= 15 is 0 Å². The molecule has 140 valence electrons. The Morgan fingerprint density at radius 2 is 1.85 bits per heavy atom. The van der Waals surface area contributed by atoms with Gasteiger partial charge in [0.05, 0.1) is 0 Å². The second kappa shape index (κ2) is 7.48. The molecule has 0 unspecified atom stereocenters. The van der Waals surface area contributed by atoms with Crippen molar-refractivity contribution in [3.05, 3.63) is 35.4 Å². The van der Waals surface area contributed by atoms with Gasteiger partial charge in [0.2, 0.25) is 5.91 Å². The lowest BCUT2D eigenvalue weighted by Gasteiger charge is -2.23. The summed E-state index contributed by atoms with van der Waals surface area (Å²) in [7, 11) is 0. The molecule has 1 saturated heterocycles. The first-order chi connectivity index (χ1) is 12.4. The number of carbonyl (C=O) groups excluding carboxylic acids is 3. The van der Waals surface area contributed by atoms with Gasteiger partial charge in [0.1, 0.15) is 12.1 Å². The van der Waals surface area contributed by atoms with Crippen molar-refractivity contribution in [2.45, 2.75) is 51.5 Å². The van der Waals surface area contributed by atoms with Gasteiger partial charge < -0.3 is 10.6 Å². The van der Waals surface area contributed by atoms with Gasteiger partial charge in [-0.1, -0.05) is 49.1 Å². The molecule has 26 heavy (non-hydrogen) atoms. The number of carbonyl (C=O) groups is 3. The summed E-state index contributed by atoms with van der Waals surface area (Å²) in [5, 5.41) is 5.62. The Balaban J connectivity index is 1.61. The Bertz CT molecular complexity index is 695. The first-order valence-corrected chi connectivity index (χ1v) is 9.38. The molecule has 4 amide bonds. The molecular weight excluding hydrogens is 330 g/mol. The highest BCUT2D eigenvalue weighted by Crippen LogP contribution is 2.29. The van der Waals surface area contributed by atoms with E-state index in [1.54, 1.807) is 6.92 Å². The Labute approximate surface area is 154 Å². The van der Waals surface area contributed by atoms with E-state index in [0.29, 0.717) is 18.0 Å². The van der Waals surface area contributed by atoms with Crippen LogP contribution in [0.2, 0.25) is 0 Å². The first kappa shape index (κ1) is 18.4. The zero-order valence-corrected chi connectivity index (χ0v) is 15.5. The van der Waals surface area contributed by atoms with Gasteiger partial charge in [0, 0.05) is 6.54 Å². The van der Waals surface area contributed by atoms with Crippen molar-refractivity contribution in [3.63, 3.8) is 0 Å².